The van der Waals surface area contributed by atoms with E-state index in [4.69, 9.17) is 0 Å². The van der Waals surface area contributed by atoms with Crippen LogP contribution in [0.3, 0.4) is 0 Å². The van der Waals surface area contributed by atoms with E-state index >= 15 is 0 Å². The summed E-state index contributed by atoms with van der Waals surface area (Å²) in [6.45, 7) is 0. The Morgan fingerprint density at radius 1 is 0.957 bits per heavy atom. The molecule has 4 nitrogen and oxygen atoms in total. The molecule has 0 aliphatic heterocycles. The van der Waals surface area contributed by atoms with Gasteiger partial charge >= 0.3 is 17.9 Å². The van der Waals surface area contributed by atoms with Crippen LogP contribution in [0.2, 0.25) is 0 Å². The number of isocyanates is 1. The molecular formula is C16H10F3NO3. The molecule has 0 bridgehead atoms. The van der Waals surface area contributed by atoms with Crippen molar-refractivity contribution in [3.63, 3.8) is 0 Å². The second kappa shape index (κ2) is 6.46. The number of alkyl halides is 3. The number of carbonyl (C=O) groups is 1. The van der Waals surface area contributed by atoms with Crippen molar-refractivity contribution in [2.24, 2.45) is 4.99 Å². The summed E-state index contributed by atoms with van der Waals surface area (Å²) in [6, 6.07) is 13.3. The maximum absolute atomic E-state index is 13.6. The number of esters is 1. The maximum atomic E-state index is 13.6. The molecule has 0 N–H and O–H groups in total. The average Bonchev–Trinajstić information content (AvgIpc) is 2.55. The zero-order valence-electron chi connectivity index (χ0n) is 11.6. The van der Waals surface area contributed by atoms with Crippen LogP contribution in [-0.4, -0.2) is 18.2 Å². The number of hydrogen-bond acceptors (Lipinski definition) is 4. The van der Waals surface area contributed by atoms with Crippen molar-refractivity contribution in [2.45, 2.75) is 11.9 Å². The van der Waals surface area contributed by atoms with Crippen molar-refractivity contribution in [2.75, 3.05) is 0 Å². The van der Waals surface area contributed by atoms with Crippen molar-refractivity contribution < 1.29 is 27.5 Å². The zero-order valence-corrected chi connectivity index (χ0v) is 11.6. The van der Waals surface area contributed by atoms with Gasteiger partial charge in [-0.05, 0) is 12.1 Å². The van der Waals surface area contributed by atoms with Crippen LogP contribution < -0.4 is 0 Å². The molecule has 1 unspecified atom stereocenters. The molecule has 0 fully saturated rings. The normalized spacial score (nSPS) is 13.5. The minimum absolute atomic E-state index is 0.0989. The third kappa shape index (κ3) is 3.30. The molecule has 0 amide bonds. The summed E-state index contributed by atoms with van der Waals surface area (Å²) in [5.41, 5.74) is -4.04. The van der Waals surface area contributed by atoms with Gasteiger partial charge in [-0.1, -0.05) is 48.5 Å². The van der Waals surface area contributed by atoms with Crippen LogP contribution in [0.4, 0.5) is 13.2 Å². The smallest absolute Gasteiger partial charge is 0.418 e. The van der Waals surface area contributed by atoms with Gasteiger partial charge in [-0.15, -0.1) is 4.99 Å². The number of halogens is 3. The lowest BCUT2D eigenvalue weighted by atomic mass is 10.0. The summed E-state index contributed by atoms with van der Waals surface area (Å²) in [4.78, 5) is 25.4. The van der Waals surface area contributed by atoms with Crippen molar-refractivity contribution >= 4 is 12.0 Å². The van der Waals surface area contributed by atoms with Gasteiger partial charge in [-0.2, -0.15) is 13.2 Å². The van der Waals surface area contributed by atoms with E-state index in [2.05, 4.69) is 9.73 Å². The first kappa shape index (κ1) is 16.5. The number of ether oxygens (including phenoxy) is 1. The Balaban J connectivity index is 2.54. The van der Waals surface area contributed by atoms with Gasteiger partial charge in [0.25, 0.3) is 0 Å². The van der Waals surface area contributed by atoms with Gasteiger partial charge in [0.05, 0.1) is 5.56 Å². The fourth-order valence-corrected chi connectivity index (χ4v) is 1.93. The molecule has 118 valence electrons. The van der Waals surface area contributed by atoms with Gasteiger partial charge in [0.15, 0.2) is 0 Å². The molecule has 0 aliphatic rings. The SMILES string of the molecule is O=C=NC(OC(=O)c1ccccc1)(c1ccccc1)C(F)(F)F. The lowest BCUT2D eigenvalue weighted by Crippen LogP contribution is -2.44. The van der Waals surface area contributed by atoms with E-state index in [1.54, 1.807) is 6.07 Å². The van der Waals surface area contributed by atoms with E-state index in [-0.39, 0.29) is 5.56 Å². The second-order valence-corrected chi connectivity index (χ2v) is 4.47. The molecule has 7 heteroatoms. The fraction of sp³-hybridized carbons (Fsp3) is 0.125. The molecule has 0 saturated heterocycles. The third-order valence-corrected chi connectivity index (χ3v) is 3.00. The molecule has 0 aromatic heterocycles. The highest BCUT2D eigenvalue weighted by Gasteiger charge is 2.61. The lowest BCUT2D eigenvalue weighted by Gasteiger charge is -2.30. The Hall–Kier alpha value is -2.92. The average molecular weight is 321 g/mol. The Bertz CT molecular complexity index is 725. The fourth-order valence-electron chi connectivity index (χ4n) is 1.93. The number of nitrogens with zero attached hydrogens (tertiary/aromatic N) is 1. The molecule has 0 heterocycles. The highest BCUT2D eigenvalue weighted by Crippen LogP contribution is 2.43. The molecule has 0 saturated carbocycles. The molecule has 0 radical (unpaired) electrons. The van der Waals surface area contributed by atoms with Crippen LogP contribution in [-0.2, 0) is 15.3 Å². The van der Waals surface area contributed by atoms with Crippen molar-refractivity contribution in [3.8, 4) is 0 Å². The molecule has 2 rings (SSSR count). The van der Waals surface area contributed by atoms with Gasteiger partial charge < -0.3 is 4.74 Å². The Labute approximate surface area is 129 Å². The minimum atomic E-state index is -5.14. The molecule has 23 heavy (non-hydrogen) atoms. The summed E-state index contributed by atoms with van der Waals surface area (Å²) in [7, 11) is 0. The predicted octanol–water partition coefficient (Wildman–Crippen LogP) is 3.59. The number of benzene rings is 2. The van der Waals surface area contributed by atoms with Crippen LogP contribution in [0.15, 0.2) is 65.7 Å². The van der Waals surface area contributed by atoms with Crippen LogP contribution in [0, 0.1) is 0 Å². The Kier molecular flexibility index (Phi) is 4.62. The third-order valence-electron chi connectivity index (χ3n) is 3.00. The highest BCUT2D eigenvalue weighted by atomic mass is 19.4. The molecule has 2 aromatic rings. The van der Waals surface area contributed by atoms with E-state index in [9.17, 15) is 22.8 Å². The predicted molar refractivity (Wildman–Crippen MR) is 74.2 cm³/mol. The number of aliphatic imine (C=N–C) groups is 1. The van der Waals surface area contributed by atoms with E-state index in [1.807, 2.05) is 0 Å². The van der Waals surface area contributed by atoms with Gasteiger partial charge in [0.1, 0.15) is 0 Å². The quantitative estimate of drug-likeness (QED) is 0.491. The first-order valence-electron chi connectivity index (χ1n) is 6.40. The van der Waals surface area contributed by atoms with E-state index < -0.39 is 23.4 Å². The van der Waals surface area contributed by atoms with Gasteiger partial charge in [-0.25, -0.2) is 9.59 Å². The van der Waals surface area contributed by atoms with Gasteiger partial charge in [-0.3, -0.25) is 0 Å². The summed E-state index contributed by atoms with van der Waals surface area (Å²) >= 11 is 0. The van der Waals surface area contributed by atoms with Crippen LogP contribution in [0.1, 0.15) is 15.9 Å². The van der Waals surface area contributed by atoms with Crippen molar-refractivity contribution in [1.82, 2.24) is 0 Å². The van der Waals surface area contributed by atoms with Crippen molar-refractivity contribution in [1.29, 1.82) is 0 Å². The largest absolute Gasteiger partial charge is 0.456 e. The van der Waals surface area contributed by atoms with Crippen molar-refractivity contribution in [3.05, 3.63) is 71.8 Å². The number of rotatable bonds is 4. The number of carbonyl (C=O) groups excluding carboxylic acids is 2. The van der Waals surface area contributed by atoms with E-state index in [0.29, 0.717) is 0 Å². The summed E-state index contributed by atoms with van der Waals surface area (Å²) < 4.78 is 45.3. The lowest BCUT2D eigenvalue weighted by molar-refractivity contribution is -0.262. The molecule has 2 aromatic carbocycles. The maximum Gasteiger partial charge on any atom is 0.456 e. The van der Waals surface area contributed by atoms with Crippen LogP contribution >= 0.6 is 0 Å². The summed E-state index contributed by atoms with van der Waals surface area (Å²) in [5, 5.41) is 0. The van der Waals surface area contributed by atoms with E-state index in [0.717, 1.165) is 18.2 Å². The summed E-state index contributed by atoms with van der Waals surface area (Å²) in [6.07, 6.45) is -4.29. The van der Waals surface area contributed by atoms with Gasteiger partial charge in [0, 0.05) is 5.56 Å². The topological polar surface area (TPSA) is 55.7 Å². The first-order valence-corrected chi connectivity index (χ1v) is 6.40. The van der Waals surface area contributed by atoms with Gasteiger partial charge in [0.2, 0.25) is 6.08 Å². The second-order valence-electron chi connectivity index (χ2n) is 4.47. The summed E-state index contributed by atoms with van der Waals surface area (Å²) in [5.74, 6) is -1.26. The van der Waals surface area contributed by atoms with Crippen LogP contribution in [0.25, 0.3) is 0 Å². The highest BCUT2D eigenvalue weighted by molar-refractivity contribution is 5.89. The molecule has 0 spiro atoms. The molecule has 1 atom stereocenters. The number of hydrogen-bond donors (Lipinski definition) is 0. The molecular weight excluding hydrogens is 311 g/mol. The van der Waals surface area contributed by atoms with Crippen LogP contribution in [0.5, 0.6) is 0 Å². The zero-order chi connectivity index (χ0) is 16.9. The Morgan fingerprint density at radius 2 is 1.48 bits per heavy atom. The van der Waals surface area contributed by atoms with E-state index in [1.165, 1.54) is 42.5 Å². The monoisotopic (exact) mass is 321 g/mol. The molecule has 0 aliphatic carbocycles. The first-order chi connectivity index (χ1) is 10.9. The Morgan fingerprint density at radius 3 is 1.96 bits per heavy atom. The minimum Gasteiger partial charge on any atom is -0.418 e. The standard InChI is InChI=1S/C16H10F3NO3/c17-16(18,19)15(20-11-21,13-9-5-2-6-10-13)23-14(22)12-7-3-1-4-8-12/h1-10H.